The molecule has 1 saturated heterocycles. The van der Waals surface area contributed by atoms with Crippen LogP contribution in [0.1, 0.15) is 17.9 Å². The third kappa shape index (κ3) is 3.27. The number of para-hydroxylation sites is 1. The highest BCUT2D eigenvalue weighted by molar-refractivity contribution is 9.10. The number of nitrogens with zero attached hydrogens (tertiary/aromatic N) is 1. The summed E-state index contributed by atoms with van der Waals surface area (Å²) in [4.78, 5) is 2.31. The Balaban J connectivity index is 1.85. The Labute approximate surface area is 132 Å². The minimum absolute atomic E-state index is 0.126. The second kappa shape index (κ2) is 6.16. The standard InChI is InChI=1S/C17H18BrFN2/c18-16-3-1-2-4-17(16)21-10-13(9-15(20)11-21)12-5-7-14(19)8-6-12/h1-8,13,15H,9-11,20H2. The Bertz CT molecular complexity index is 614. The monoisotopic (exact) mass is 348 g/mol. The van der Waals surface area contributed by atoms with Crippen molar-refractivity contribution in [2.24, 2.45) is 5.73 Å². The molecule has 4 heteroatoms. The van der Waals surface area contributed by atoms with Gasteiger partial charge < -0.3 is 10.6 Å². The SMILES string of the molecule is NC1CC(c2ccc(F)cc2)CN(c2ccccc2Br)C1. The van der Waals surface area contributed by atoms with Crippen molar-refractivity contribution in [1.29, 1.82) is 0 Å². The van der Waals surface area contributed by atoms with E-state index in [4.69, 9.17) is 5.73 Å². The van der Waals surface area contributed by atoms with E-state index in [1.807, 2.05) is 30.3 Å². The second-order valence-corrected chi connectivity index (χ2v) is 6.45. The van der Waals surface area contributed by atoms with Crippen molar-refractivity contribution >= 4 is 21.6 Å². The summed E-state index contributed by atoms with van der Waals surface area (Å²) in [6.45, 7) is 1.75. The van der Waals surface area contributed by atoms with Crippen molar-refractivity contribution in [3.05, 3.63) is 64.4 Å². The van der Waals surface area contributed by atoms with Crippen LogP contribution in [0.15, 0.2) is 53.0 Å². The molecule has 2 aromatic carbocycles. The number of hydrogen-bond acceptors (Lipinski definition) is 2. The van der Waals surface area contributed by atoms with Gasteiger partial charge in [0.1, 0.15) is 5.82 Å². The molecular formula is C17H18BrFN2. The summed E-state index contributed by atoms with van der Waals surface area (Å²) in [6, 6.07) is 15.1. The molecule has 2 nitrogen and oxygen atoms in total. The van der Waals surface area contributed by atoms with E-state index in [-0.39, 0.29) is 11.9 Å². The Kier molecular flexibility index (Phi) is 4.27. The molecule has 0 spiro atoms. The molecular weight excluding hydrogens is 331 g/mol. The van der Waals surface area contributed by atoms with E-state index in [1.54, 1.807) is 0 Å². The fourth-order valence-electron chi connectivity index (χ4n) is 3.02. The van der Waals surface area contributed by atoms with Crippen molar-refractivity contribution in [2.75, 3.05) is 18.0 Å². The summed E-state index contributed by atoms with van der Waals surface area (Å²) >= 11 is 3.61. The highest BCUT2D eigenvalue weighted by atomic mass is 79.9. The average Bonchev–Trinajstić information content (AvgIpc) is 2.48. The van der Waals surface area contributed by atoms with Crippen LogP contribution in [-0.4, -0.2) is 19.1 Å². The molecule has 2 N–H and O–H groups in total. The van der Waals surface area contributed by atoms with Gasteiger partial charge in [0.05, 0.1) is 5.69 Å². The van der Waals surface area contributed by atoms with Crippen LogP contribution in [0.3, 0.4) is 0 Å². The molecule has 1 aliphatic heterocycles. The Hall–Kier alpha value is -1.39. The largest absolute Gasteiger partial charge is 0.368 e. The zero-order valence-electron chi connectivity index (χ0n) is 11.7. The molecule has 0 amide bonds. The summed E-state index contributed by atoms with van der Waals surface area (Å²) < 4.78 is 14.2. The molecule has 1 fully saturated rings. The van der Waals surface area contributed by atoms with Crippen molar-refractivity contribution in [2.45, 2.75) is 18.4 Å². The van der Waals surface area contributed by atoms with Crippen molar-refractivity contribution in [1.82, 2.24) is 0 Å². The van der Waals surface area contributed by atoms with Gasteiger partial charge in [-0.05, 0) is 52.2 Å². The second-order valence-electron chi connectivity index (χ2n) is 5.60. The van der Waals surface area contributed by atoms with Gasteiger partial charge in [-0.3, -0.25) is 0 Å². The van der Waals surface area contributed by atoms with E-state index in [1.165, 1.54) is 17.8 Å². The zero-order chi connectivity index (χ0) is 14.8. The van der Waals surface area contributed by atoms with Gasteiger partial charge in [-0.25, -0.2) is 4.39 Å². The molecule has 0 saturated carbocycles. The minimum Gasteiger partial charge on any atom is -0.368 e. The molecule has 3 rings (SSSR count). The molecule has 0 radical (unpaired) electrons. The maximum absolute atomic E-state index is 13.1. The van der Waals surface area contributed by atoms with Gasteiger partial charge in [0.15, 0.2) is 0 Å². The fourth-order valence-corrected chi connectivity index (χ4v) is 3.56. The van der Waals surface area contributed by atoms with Gasteiger partial charge >= 0.3 is 0 Å². The van der Waals surface area contributed by atoms with E-state index >= 15 is 0 Å². The number of halogens is 2. The van der Waals surface area contributed by atoms with Gasteiger partial charge in [0.25, 0.3) is 0 Å². The maximum atomic E-state index is 13.1. The van der Waals surface area contributed by atoms with Gasteiger partial charge in [0.2, 0.25) is 0 Å². The zero-order valence-corrected chi connectivity index (χ0v) is 13.3. The van der Waals surface area contributed by atoms with E-state index in [0.29, 0.717) is 5.92 Å². The van der Waals surface area contributed by atoms with E-state index in [9.17, 15) is 4.39 Å². The predicted molar refractivity (Wildman–Crippen MR) is 88.1 cm³/mol. The molecule has 1 heterocycles. The third-order valence-electron chi connectivity index (χ3n) is 4.02. The number of piperidine rings is 1. The van der Waals surface area contributed by atoms with Gasteiger partial charge in [-0.2, -0.15) is 0 Å². The smallest absolute Gasteiger partial charge is 0.123 e. The lowest BCUT2D eigenvalue weighted by Crippen LogP contribution is -2.46. The molecule has 2 atom stereocenters. The summed E-state index contributed by atoms with van der Waals surface area (Å²) in [5, 5.41) is 0. The maximum Gasteiger partial charge on any atom is 0.123 e. The number of rotatable bonds is 2. The molecule has 2 aromatic rings. The first-order valence-electron chi connectivity index (χ1n) is 7.14. The van der Waals surface area contributed by atoms with Crippen LogP contribution in [-0.2, 0) is 0 Å². The average molecular weight is 349 g/mol. The van der Waals surface area contributed by atoms with Crippen molar-refractivity contribution in [3.63, 3.8) is 0 Å². The first kappa shape index (κ1) is 14.5. The van der Waals surface area contributed by atoms with E-state index in [2.05, 4.69) is 26.9 Å². The number of hydrogen-bond donors (Lipinski definition) is 1. The first-order valence-corrected chi connectivity index (χ1v) is 7.93. The van der Waals surface area contributed by atoms with Crippen LogP contribution in [0.25, 0.3) is 0 Å². The van der Waals surface area contributed by atoms with Gasteiger partial charge in [0, 0.05) is 29.5 Å². The Morgan fingerprint density at radius 2 is 1.76 bits per heavy atom. The summed E-state index contributed by atoms with van der Waals surface area (Å²) in [6.07, 6.45) is 0.937. The number of benzene rings is 2. The quantitative estimate of drug-likeness (QED) is 0.891. The molecule has 2 unspecified atom stereocenters. The van der Waals surface area contributed by atoms with Crippen LogP contribution in [0.4, 0.5) is 10.1 Å². The molecule has 1 aliphatic rings. The van der Waals surface area contributed by atoms with E-state index in [0.717, 1.165) is 29.5 Å². The molecule has 0 bridgehead atoms. The normalized spacial score (nSPS) is 22.3. The van der Waals surface area contributed by atoms with Crippen molar-refractivity contribution < 1.29 is 4.39 Å². The predicted octanol–water partition coefficient (Wildman–Crippen LogP) is 3.91. The minimum atomic E-state index is -0.193. The summed E-state index contributed by atoms with van der Waals surface area (Å²) in [7, 11) is 0. The highest BCUT2D eigenvalue weighted by Gasteiger charge is 2.27. The van der Waals surface area contributed by atoms with Gasteiger partial charge in [-0.1, -0.05) is 24.3 Å². The number of nitrogens with two attached hydrogens (primary N) is 1. The molecule has 110 valence electrons. The first-order chi connectivity index (χ1) is 10.1. The molecule has 0 aliphatic carbocycles. The van der Waals surface area contributed by atoms with Crippen LogP contribution in [0.5, 0.6) is 0 Å². The van der Waals surface area contributed by atoms with E-state index < -0.39 is 0 Å². The van der Waals surface area contributed by atoms with Crippen LogP contribution in [0.2, 0.25) is 0 Å². The Morgan fingerprint density at radius 3 is 2.48 bits per heavy atom. The van der Waals surface area contributed by atoms with Crippen LogP contribution < -0.4 is 10.6 Å². The van der Waals surface area contributed by atoms with Gasteiger partial charge in [-0.15, -0.1) is 0 Å². The van der Waals surface area contributed by atoms with Crippen molar-refractivity contribution in [3.8, 4) is 0 Å². The lowest BCUT2D eigenvalue weighted by atomic mass is 9.88. The summed E-state index contributed by atoms with van der Waals surface area (Å²) in [5.41, 5.74) is 8.56. The van der Waals surface area contributed by atoms with Crippen LogP contribution in [0, 0.1) is 5.82 Å². The Morgan fingerprint density at radius 1 is 1.05 bits per heavy atom. The third-order valence-corrected chi connectivity index (χ3v) is 4.69. The number of anilines is 1. The lowest BCUT2D eigenvalue weighted by molar-refractivity contribution is 0.453. The molecule has 0 aromatic heterocycles. The topological polar surface area (TPSA) is 29.3 Å². The highest BCUT2D eigenvalue weighted by Crippen LogP contribution is 2.33. The molecule has 21 heavy (non-hydrogen) atoms. The summed E-state index contributed by atoms with van der Waals surface area (Å²) in [5.74, 6) is 0.142. The fraction of sp³-hybridized carbons (Fsp3) is 0.294. The van der Waals surface area contributed by atoms with Crippen LogP contribution >= 0.6 is 15.9 Å². The lowest BCUT2D eigenvalue weighted by Gasteiger charge is -2.38.